The van der Waals surface area contributed by atoms with E-state index < -0.39 is 11.7 Å². The van der Waals surface area contributed by atoms with Crippen LogP contribution >= 0.6 is 24.0 Å². The van der Waals surface area contributed by atoms with Gasteiger partial charge in [0.05, 0.1) is 10.6 Å². The fraction of sp³-hybridized carbons (Fsp3) is 0. The predicted octanol–water partition coefficient (Wildman–Crippen LogP) is 3.55. The number of aromatic nitrogens is 1. The lowest BCUT2D eigenvalue weighted by Crippen LogP contribution is -2.14. The lowest BCUT2D eigenvalue weighted by atomic mass is 10.2. The fourth-order valence-corrected chi connectivity index (χ4v) is 1.39. The zero-order chi connectivity index (χ0) is 12.3. The molecule has 1 aromatic carbocycles. The van der Waals surface area contributed by atoms with Crippen LogP contribution in [0.3, 0.4) is 0 Å². The number of amides is 1. The van der Waals surface area contributed by atoms with Crippen LogP contribution in [0.5, 0.6) is 0 Å². The average molecular weight is 287 g/mol. The maximum Gasteiger partial charge on any atom is 0.259 e. The second-order valence-electron chi connectivity index (χ2n) is 3.30. The number of carbonyl (C=O) groups excluding carboxylic acids is 1. The van der Waals surface area contributed by atoms with Crippen LogP contribution in [0.1, 0.15) is 10.4 Å². The molecule has 18 heavy (non-hydrogen) atoms. The molecule has 0 atom stereocenters. The van der Waals surface area contributed by atoms with Crippen molar-refractivity contribution in [3.63, 3.8) is 0 Å². The Bertz CT molecular complexity index is 546. The van der Waals surface area contributed by atoms with Gasteiger partial charge in [0.1, 0.15) is 11.6 Å². The summed E-state index contributed by atoms with van der Waals surface area (Å²) in [5, 5.41) is 2.94. The van der Waals surface area contributed by atoms with Gasteiger partial charge >= 0.3 is 0 Å². The lowest BCUT2D eigenvalue weighted by Gasteiger charge is -2.04. The molecule has 0 aliphatic heterocycles. The highest BCUT2D eigenvalue weighted by atomic mass is 35.5. The molecule has 94 valence electrons. The number of nitrogens with zero attached hydrogens (tertiary/aromatic N) is 1. The number of anilines is 1. The molecule has 6 heteroatoms. The Kier molecular flexibility index (Phi) is 5.07. The molecule has 0 spiro atoms. The van der Waals surface area contributed by atoms with Gasteiger partial charge in [-0.3, -0.25) is 4.79 Å². The molecule has 2 aromatic rings. The van der Waals surface area contributed by atoms with Crippen molar-refractivity contribution in [2.24, 2.45) is 0 Å². The molecule has 0 aliphatic carbocycles. The molecule has 2 rings (SSSR count). The summed E-state index contributed by atoms with van der Waals surface area (Å²) in [5.74, 6) is -0.792. The minimum absolute atomic E-state index is 0. The molecule has 0 saturated carbocycles. The van der Waals surface area contributed by atoms with Gasteiger partial charge in [-0.2, -0.15) is 0 Å². The Morgan fingerprint density at radius 1 is 1.22 bits per heavy atom. The van der Waals surface area contributed by atoms with Gasteiger partial charge in [-0.15, -0.1) is 12.4 Å². The monoisotopic (exact) mass is 286 g/mol. The van der Waals surface area contributed by atoms with Crippen LogP contribution in [0.4, 0.5) is 10.2 Å². The van der Waals surface area contributed by atoms with Crippen molar-refractivity contribution >= 4 is 35.7 Å². The Hall–Kier alpha value is -1.65. The van der Waals surface area contributed by atoms with Gasteiger partial charge in [0.2, 0.25) is 0 Å². The molecule has 0 unspecified atom stereocenters. The van der Waals surface area contributed by atoms with Crippen molar-refractivity contribution in [3.05, 3.63) is 59.0 Å². The number of carbonyl (C=O) groups is 1. The number of pyridine rings is 1. The third kappa shape index (κ3) is 3.42. The van der Waals surface area contributed by atoms with E-state index in [1.54, 1.807) is 18.2 Å². The summed E-state index contributed by atoms with van der Waals surface area (Å²) in [4.78, 5) is 15.6. The molecule has 0 bridgehead atoms. The first-order chi connectivity index (χ1) is 8.16. The van der Waals surface area contributed by atoms with Crippen molar-refractivity contribution in [1.82, 2.24) is 4.98 Å². The quantitative estimate of drug-likeness (QED) is 0.917. The van der Waals surface area contributed by atoms with Crippen LogP contribution in [0.15, 0.2) is 42.6 Å². The molecule has 1 heterocycles. The first-order valence-corrected chi connectivity index (χ1v) is 5.22. The van der Waals surface area contributed by atoms with Crippen LogP contribution in [-0.2, 0) is 0 Å². The highest BCUT2D eigenvalue weighted by Crippen LogP contribution is 2.12. The molecular formula is C12H9Cl2FN2O. The van der Waals surface area contributed by atoms with E-state index in [1.165, 1.54) is 24.4 Å². The Balaban J connectivity index is 0.00000162. The summed E-state index contributed by atoms with van der Waals surface area (Å²) in [6.45, 7) is 0. The van der Waals surface area contributed by atoms with E-state index in [-0.39, 0.29) is 18.0 Å². The number of rotatable bonds is 2. The van der Waals surface area contributed by atoms with Crippen molar-refractivity contribution in [1.29, 1.82) is 0 Å². The summed E-state index contributed by atoms with van der Waals surface area (Å²) in [6.07, 6.45) is 1.40. The van der Waals surface area contributed by atoms with Crippen LogP contribution < -0.4 is 5.32 Å². The van der Waals surface area contributed by atoms with Gasteiger partial charge < -0.3 is 5.32 Å². The Morgan fingerprint density at radius 3 is 2.56 bits per heavy atom. The Morgan fingerprint density at radius 2 is 1.94 bits per heavy atom. The first-order valence-electron chi connectivity index (χ1n) is 4.84. The van der Waals surface area contributed by atoms with E-state index in [4.69, 9.17) is 11.6 Å². The van der Waals surface area contributed by atoms with Gasteiger partial charge in [0, 0.05) is 6.20 Å². The van der Waals surface area contributed by atoms with E-state index >= 15 is 0 Å². The smallest absolute Gasteiger partial charge is 0.259 e. The molecule has 1 amide bonds. The first kappa shape index (κ1) is 14.4. The number of nitrogens with one attached hydrogen (secondary N) is 1. The lowest BCUT2D eigenvalue weighted by molar-refractivity contribution is 0.102. The van der Waals surface area contributed by atoms with Crippen LogP contribution in [-0.4, -0.2) is 10.9 Å². The summed E-state index contributed by atoms with van der Waals surface area (Å²) in [7, 11) is 0. The maximum absolute atomic E-state index is 13.3. The minimum atomic E-state index is -0.570. The van der Waals surface area contributed by atoms with Crippen molar-refractivity contribution < 1.29 is 9.18 Å². The van der Waals surface area contributed by atoms with Crippen LogP contribution in [0, 0.1) is 5.82 Å². The highest BCUT2D eigenvalue weighted by Gasteiger charge is 2.11. The Labute approximate surface area is 114 Å². The van der Waals surface area contributed by atoms with E-state index in [0.717, 1.165) is 0 Å². The molecule has 1 N–H and O–H groups in total. The third-order valence-corrected chi connectivity index (χ3v) is 2.31. The van der Waals surface area contributed by atoms with Crippen molar-refractivity contribution in [3.8, 4) is 0 Å². The molecule has 3 nitrogen and oxygen atoms in total. The van der Waals surface area contributed by atoms with Crippen LogP contribution in [0.2, 0.25) is 5.02 Å². The summed E-state index contributed by atoms with van der Waals surface area (Å²) >= 11 is 5.66. The van der Waals surface area contributed by atoms with Crippen molar-refractivity contribution in [2.75, 3.05) is 5.32 Å². The van der Waals surface area contributed by atoms with E-state index in [1.807, 2.05) is 0 Å². The van der Waals surface area contributed by atoms with Crippen LogP contribution in [0.25, 0.3) is 0 Å². The molecule has 1 aromatic heterocycles. The van der Waals surface area contributed by atoms with Gasteiger partial charge in [0.15, 0.2) is 0 Å². The normalized spacial score (nSPS) is 9.44. The van der Waals surface area contributed by atoms with E-state index in [2.05, 4.69) is 10.3 Å². The summed E-state index contributed by atoms with van der Waals surface area (Å²) < 4.78 is 13.3. The summed E-state index contributed by atoms with van der Waals surface area (Å²) in [5.41, 5.74) is -0.0238. The second-order valence-corrected chi connectivity index (χ2v) is 3.73. The zero-order valence-electron chi connectivity index (χ0n) is 9.06. The van der Waals surface area contributed by atoms with Gasteiger partial charge in [-0.05, 0) is 24.3 Å². The molecule has 0 saturated heterocycles. The van der Waals surface area contributed by atoms with E-state index in [0.29, 0.717) is 10.8 Å². The van der Waals surface area contributed by atoms with Gasteiger partial charge in [-0.1, -0.05) is 23.7 Å². The SMILES string of the molecule is Cl.O=C(Nc1ccc(Cl)cn1)c1ccccc1F. The van der Waals surface area contributed by atoms with Gasteiger partial charge in [-0.25, -0.2) is 9.37 Å². The minimum Gasteiger partial charge on any atom is -0.306 e. The molecule has 0 aliphatic rings. The second kappa shape index (κ2) is 6.33. The van der Waals surface area contributed by atoms with Gasteiger partial charge in [0.25, 0.3) is 5.91 Å². The predicted molar refractivity (Wildman–Crippen MR) is 70.8 cm³/mol. The number of benzene rings is 1. The molecular weight excluding hydrogens is 278 g/mol. The third-order valence-electron chi connectivity index (χ3n) is 2.09. The molecule has 0 radical (unpaired) electrons. The average Bonchev–Trinajstić information content (AvgIpc) is 2.32. The number of halogens is 3. The standard InChI is InChI=1S/C12H8ClFN2O.ClH/c13-8-5-6-11(15-7-8)16-12(17)9-3-1-2-4-10(9)14;/h1-7H,(H,15,16,17);1H. The van der Waals surface area contributed by atoms with E-state index in [9.17, 15) is 9.18 Å². The fourth-order valence-electron chi connectivity index (χ4n) is 1.28. The largest absolute Gasteiger partial charge is 0.306 e. The maximum atomic E-state index is 13.3. The number of hydrogen-bond donors (Lipinski definition) is 1. The zero-order valence-corrected chi connectivity index (χ0v) is 10.6. The highest BCUT2D eigenvalue weighted by molar-refractivity contribution is 6.30. The topological polar surface area (TPSA) is 42.0 Å². The van der Waals surface area contributed by atoms with Crippen molar-refractivity contribution in [2.45, 2.75) is 0 Å². The molecule has 0 fully saturated rings. The number of hydrogen-bond acceptors (Lipinski definition) is 2. The summed E-state index contributed by atoms with van der Waals surface area (Å²) in [6, 6.07) is 8.87.